The summed E-state index contributed by atoms with van der Waals surface area (Å²) in [6, 6.07) is 0. The van der Waals surface area contributed by atoms with Crippen molar-refractivity contribution in [2.75, 3.05) is 6.61 Å². The molecule has 0 bridgehead atoms. The predicted molar refractivity (Wildman–Crippen MR) is 39.7 cm³/mol. The molecule has 0 rings (SSSR count). The van der Waals surface area contributed by atoms with Crippen LogP contribution in [0.1, 0.15) is 13.3 Å². The molecule has 2 N–H and O–H groups in total. The van der Waals surface area contributed by atoms with Crippen LogP contribution in [-0.4, -0.2) is 24.0 Å². The first kappa shape index (κ1) is 9.84. The third kappa shape index (κ3) is 5.29. The average molecular weight is 157 g/mol. The van der Waals surface area contributed by atoms with E-state index in [1.165, 1.54) is 6.08 Å². The van der Waals surface area contributed by atoms with E-state index >= 15 is 0 Å². The first-order valence-corrected chi connectivity index (χ1v) is 3.23. The number of hydrogen-bond acceptors (Lipinski definition) is 3. The molecule has 2 amide bonds. The second-order valence-corrected chi connectivity index (χ2v) is 2.09. The molecule has 4 heteroatoms. The molecule has 11 heavy (non-hydrogen) atoms. The van der Waals surface area contributed by atoms with Crippen LogP contribution in [-0.2, 0) is 9.59 Å². The molecule has 0 saturated carbocycles. The molecule has 0 atom stereocenters. The van der Waals surface area contributed by atoms with E-state index < -0.39 is 5.91 Å². The minimum absolute atomic E-state index is 0.0106. The van der Waals surface area contributed by atoms with Gasteiger partial charge in [0.15, 0.2) is 0 Å². The molecule has 0 aromatic heterocycles. The molecule has 0 fully saturated rings. The van der Waals surface area contributed by atoms with E-state index in [9.17, 15) is 9.59 Å². The van der Waals surface area contributed by atoms with Crippen LogP contribution in [0.25, 0.3) is 0 Å². The van der Waals surface area contributed by atoms with Gasteiger partial charge in [-0.15, -0.1) is 0 Å². The standard InChI is InChI=1S/C7H11NO3/c1-6(2-3-9)4-7(11)8-5-10/h4-5,9H,2-3H2,1H3,(H,8,10,11). The van der Waals surface area contributed by atoms with Crippen LogP contribution in [0.4, 0.5) is 0 Å². The molecule has 0 aliphatic carbocycles. The van der Waals surface area contributed by atoms with Crippen LogP contribution < -0.4 is 5.32 Å². The number of amides is 2. The quantitative estimate of drug-likeness (QED) is 0.430. The smallest absolute Gasteiger partial charge is 0.250 e. The van der Waals surface area contributed by atoms with Gasteiger partial charge in [0.2, 0.25) is 12.3 Å². The van der Waals surface area contributed by atoms with Crippen LogP contribution in [0.15, 0.2) is 11.6 Å². The number of nitrogens with one attached hydrogen (secondary N) is 1. The molecular formula is C7H11NO3. The summed E-state index contributed by atoms with van der Waals surface area (Å²) in [5.41, 5.74) is 0.742. The fraction of sp³-hybridized carbons (Fsp3) is 0.429. The Hall–Kier alpha value is -1.16. The Morgan fingerprint density at radius 3 is 2.73 bits per heavy atom. The van der Waals surface area contributed by atoms with Crippen molar-refractivity contribution >= 4 is 12.3 Å². The molecule has 0 aliphatic rings. The molecule has 0 aromatic carbocycles. The third-order valence-electron chi connectivity index (χ3n) is 1.08. The first-order valence-electron chi connectivity index (χ1n) is 3.23. The molecule has 0 aromatic rings. The predicted octanol–water partition coefficient (Wildman–Crippen LogP) is -0.412. The van der Waals surface area contributed by atoms with E-state index in [0.717, 1.165) is 5.57 Å². The fourth-order valence-electron chi connectivity index (χ4n) is 0.572. The zero-order valence-corrected chi connectivity index (χ0v) is 6.33. The molecular weight excluding hydrogens is 146 g/mol. The maximum absolute atomic E-state index is 10.6. The minimum Gasteiger partial charge on any atom is -0.396 e. The van der Waals surface area contributed by atoms with Crippen LogP contribution in [0.2, 0.25) is 0 Å². The van der Waals surface area contributed by atoms with E-state index in [2.05, 4.69) is 0 Å². The van der Waals surface area contributed by atoms with Crippen molar-refractivity contribution in [1.29, 1.82) is 0 Å². The normalized spacial score (nSPS) is 10.9. The van der Waals surface area contributed by atoms with Crippen LogP contribution in [0.3, 0.4) is 0 Å². The molecule has 0 saturated heterocycles. The second kappa shape index (κ2) is 5.61. The van der Waals surface area contributed by atoms with Crippen molar-refractivity contribution in [3.8, 4) is 0 Å². The Bertz CT molecular complexity index is 175. The highest BCUT2D eigenvalue weighted by atomic mass is 16.3. The van der Waals surface area contributed by atoms with Crippen molar-refractivity contribution in [3.05, 3.63) is 11.6 Å². The zero-order valence-electron chi connectivity index (χ0n) is 6.33. The van der Waals surface area contributed by atoms with Gasteiger partial charge in [-0.05, 0) is 13.3 Å². The van der Waals surface area contributed by atoms with E-state index in [1.807, 2.05) is 5.32 Å². The van der Waals surface area contributed by atoms with Crippen molar-refractivity contribution < 1.29 is 14.7 Å². The van der Waals surface area contributed by atoms with Crippen molar-refractivity contribution in [2.45, 2.75) is 13.3 Å². The number of carbonyl (C=O) groups is 2. The van der Waals surface area contributed by atoms with Gasteiger partial charge in [-0.2, -0.15) is 0 Å². The highest BCUT2D eigenvalue weighted by molar-refractivity contribution is 5.94. The van der Waals surface area contributed by atoms with Gasteiger partial charge >= 0.3 is 0 Å². The van der Waals surface area contributed by atoms with E-state index in [4.69, 9.17) is 5.11 Å². The third-order valence-corrected chi connectivity index (χ3v) is 1.08. The Balaban J connectivity index is 3.85. The number of imide groups is 1. The zero-order chi connectivity index (χ0) is 8.69. The SMILES string of the molecule is CC(=CC(=O)NC=O)CCO. The van der Waals surface area contributed by atoms with Crippen molar-refractivity contribution in [2.24, 2.45) is 0 Å². The van der Waals surface area contributed by atoms with Gasteiger partial charge in [0.05, 0.1) is 0 Å². The minimum atomic E-state index is -0.453. The fourth-order valence-corrected chi connectivity index (χ4v) is 0.572. The Morgan fingerprint density at radius 2 is 2.27 bits per heavy atom. The lowest BCUT2D eigenvalue weighted by atomic mass is 10.2. The highest BCUT2D eigenvalue weighted by Gasteiger charge is 1.94. The monoisotopic (exact) mass is 157 g/mol. The molecule has 0 spiro atoms. The van der Waals surface area contributed by atoms with Gasteiger partial charge in [0.25, 0.3) is 0 Å². The number of carbonyl (C=O) groups excluding carboxylic acids is 2. The summed E-state index contributed by atoms with van der Waals surface area (Å²) in [7, 11) is 0. The summed E-state index contributed by atoms with van der Waals surface area (Å²) in [6.07, 6.45) is 2.06. The lowest BCUT2D eigenvalue weighted by Crippen LogP contribution is -2.18. The summed E-state index contributed by atoms with van der Waals surface area (Å²) >= 11 is 0. The number of rotatable bonds is 4. The molecule has 4 nitrogen and oxygen atoms in total. The van der Waals surface area contributed by atoms with Crippen LogP contribution in [0.5, 0.6) is 0 Å². The van der Waals surface area contributed by atoms with E-state index in [0.29, 0.717) is 12.8 Å². The van der Waals surface area contributed by atoms with Gasteiger partial charge < -0.3 is 5.11 Å². The van der Waals surface area contributed by atoms with Crippen LogP contribution >= 0.6 is 0 Å². The summed E-state index contributed by atoms with van der Waals surface area (Å²) in [5.74, 6) is -0.453. The van der Waals surface area contributed by atoms with Gasteiger partial charge in [-0.3, -0.25) is 14.9 Å². The molecule has 0 heterocycles. The molecule has 0 aliphatic heterocycles. The van der Waals surface area contributed by atoms with Gasteiger partial charge in [0, 0.05) is 12.7 Å². The summed E-state index contributed by atoms with van der Waals surface area (Å²) in [4.78, 5) is 20.4. The Morgan fingerprint density at radius 1 is 1.64 bits per heavy atom. The topological polar surface area (TPSA) is 66.4 Å². The van der Waals surface area contributed by atoms with Crippen LogP contribution in [0, 0.1) is 0 Å². The Labute approximate surface area is 64.9 Å². The number of aliphatic hydroxyl groups is 1. The summed E-state index contributed by atoms with van der Waals surface area (Å²) in [6.45, 7) is 1.72. The second-order valence-electron chi connectivity index (χ2n) is 2.09. The van der Waals surface area contributed by atoms with E-state index in [-0.39, 0.29) is 6.61 Å². The lowest BCUT2D eigenvalue weighted by molar-refractivity contribution is -0.121. The number of aliphatic hydroxyl groups excluding tert-OH is 1. The summed E-state index contributed by atoms with van der Waals surface area (Å²) in [5, 5.41) is 10.4. The number of hydrogen-bond donors (Lipinski definition) is 2. The van der Waals surface area contributed by atoms with Gasteiger partial charge in [-0.25, -0.2) is 0 Å². The Kier molecular flexibility index (Phi) is 5.02. The van der Waals surface area contributed by atoms with Gasteiger partial charge in [-0.1, -0.05) is 5.57 Å². The first-order chi connectivity index (χ1) is 5.20. The average Bonchev–Trinajstić information content (AvgIpc) is 1.87. The van der Waals surface area contributed by atoms with Crippen molar-refractivity contribution in [1.82, 2.24) is 5.32 Å². The lowest BCUT2D eigenvalue weighted by Gasteiger charge is -1.95. The largest absolute Gasteiger partial charge is 0.396 e. The molecule has 62 valence electrons. The van der Waals surface area contributed by atoms with Crippen molar-refractivity contribution in [3.63, 3.8) is 0 Å². The molecule has 0 radical (unpaired) electrons. The summed E-state index contributed by atoms with van der Waals surface area (Å²) < 4.78 is 0. The molecule has 0 unspecified atom stereocenters. The maximum atomic E-state index is 10.6. The van der Waals surface area contributed by atoms with Gasteiger partial charge in [0.1, 0.15) is 0 Å². The van der Waals surface area contributed by atoms with E-state index in [1.54, 1.807) is 6.92 Å². The maximum Gasteiger partial charge on any atom is 0.250 e. The highest BCUT2D eigenvalue weighted by Crippen LogP contribution is 1.96.